The molecule has 0 saturated carbocycles. The molecule has 7 nitrogen and oxygen atoms in total. The van der Waals surface area contributed by atoms with Gasteiger partial charge < -0.3 is 19.5 Å². The number of esters is 1. The van der Waals surface area contributed by atoms with E-state index in [1.54, 1.807) is 32.9 Å². The SMILES string of the molecule is CC(C)(C)OC(=O)COc1ccc(NCC2CCOCC2)c(N=O)c1. The highest BCUT2D eigenvalue weighted by atomic mass is 16.6. The van der Waals surface area contributed by atoms with E-state index in [4.69, 9.17) is 14.2 Å². The lowest BCUT2D eigenvalue weighted by Gasteiger charge is -2.23. The number of nitrogens with one attached hydrogen (secondary N) is 1. The van der Waals surface area contributed by atoms with Crippen molar-refractivity contribution in [2.75, 3.05) is 31.7 Å². The van der Waals surface area contributed by atoms with E-state index in [-0.39, 0.29) is 12.3 Å². The number of benzene rings is 1. The molecule has 0 atom stereocenters. The molecule has 1 aromatic rings. The molecule has 1 heterocycles. The predicted octanol–water partition coefficient (Wildman–Crippen LogP) is 3.64. The Bertz CT molecular complexity index is 592. The van der Waals surface area contributed by atoms with Crippen LogP contribution in [0.15, 0.2) is 23.4 Å². The van der Waals surface area contributed by atoms with Crippen LogP contribution < -0.4 is 10.1 Å². The first kappa shape index (κ1) is 19.2. The molecule has 1 N–H and O–H groups in total. The average molecular weight is 350 g/mol. The molecule has 1 aromatic carbocycles. The van der Waals surface area contributed by atoms with Crippen LogP contribution in [0.2, 0.25) is 0 Å². The summed E-state index contributed by atoms with van der Waals surface area (Å²) in [6, 6.07) is 4.95. The van der Waals surface area contributed by atoms with Crippen LogP contribution in [0.5, 0.6) is 5.75 Å². The van der Waals surface area contributed by atoms with E-state index in [2.05, 4.69) is 10.5 Å². The van der Waals surface area contributed by atoms with Crippen LogP contribution in [0.4, 0.5) is 11.4 Å². The van der Waals surface area contributed by atoms with Crippen LogP contribution in [0.1, 0.15) is 33.6 Å². The predicted molar refractivity (Wildman–Crippen MR) is 95.3 cm³/mol. The number of nitrogens with zero attached hydrogens (tertiary/aromatic N) is 1. The molecule has 1 aliphatic rings. The number of anilines is 1. The highest BCUT2D eigenvalue weighted by molar-refractivity contribution is 5.72. The summed E-state index contributed by atoms with van der Waals surface area (Å²) in [4.78, 5) is 22.8. The minimum atomic E-state index is -0.562. The van der Waals surface area contributed by atoms with Gasteiger partial charge in [-0.3, -0.25) is 0 Å². The number of carbonyl (C=O) groups is 1. The topological polar surface area (TPSA) is 86.2 Å². The number of nitroso groups, excluding NO2 is 1. The summed E-state index contributed by atoms with van der Waals surface area (Å²) in [6.07, 6.45) is 2.02. The van der Waals surface area contributed by atoms with Crippen LogP contribution >= 0.6 is 0 Å². The number of hydrogen-bond donors (Lipinski definition) is 1. The van der Waals surface area contributed by atoms with Crippen LogP contribution in [0.3, 0.4) is 0 Å². The second-order valence-corrected chi connectivity index (χ2v) is 7.08. The van der Waals surface area contributed by atoms with Crippen molar-refractivity contribution in [1.82, 2.24) is 0 Å². The van der Waals surface area contributed by atoms with Gasteiger partial charge >= 0.3 is 5.97 Å². The molecule has 0 aliphatic carbocycles. The molecule has 2 rings (SSSR count). The van der Waals surface area contributed by atoms with E-state index in [0.717, 1.165) is 32.6 Å². The monoisotopic (exact) mass is 350 g/mol. The third-order valence-corrected chi connectivity index (χ3v) is 3.77. The molecule has 1 aliphatic heterocycles. The zero-order valence-electron chi connectivity index (χ0n) is 15.0. The van der Waals surface area contributed by atoms with Gasteiger partial charge in [-0.2, -0.15) is 0 Å². The van der Waals surface area contributed by atoms with Crippen molar-refractivity contribution in [2.45, 2.75) is 39.2 Å². The van der Waals surface area contributed by atoms with Crippen LogP contribution in [-0.2, 0) is 14.3 Å². The Morgan fingerprint density at radius 1 is 1.32 bits per heavy atom. The molecule has 0 bridgehead atoms. The van der Waals surface area contributed by atoms with Crippen LogP contribution in [0.25, 0.3) is 0 Å². The highest BCUT2D eigenvalue weighted by Crippen LogP contribution is 2.30. The Kier molecular flexibility index (Phi) is 6.75. The minimum absolute atomic E-state index is 0.218. The van der Waals surface area contributed by atoms with Crippen molar-refractivity contribution in [2.24, 2.45) is 11.1 Å². The molecular formula is C18H26N2O5. The van der Waals surface area contributed by atoms with Gasteiger partial charge in [-0.05, 0) is 56.8 Å². The molecular weight excluding hydrogens is 324 g/mol. The second-order valence-electron chi connectivity index (χ2n) is 7.08. The molecule has 7 heteroatoms. The summed E-state index contributed by atoms with van der Waals surface area (Å²) < 4.78 is 15.9. The molecule has 1 saturated heterocycles. The summed E-state index contributed by atoms with van der Waals surface area (Å²) in [5.41, 5.74) is 0.355. The summed E-state index contributed by atoms with van der Waals surface area (Å²) in [5, 5.41) is 6.31. The fourth-order valence-electron chi connectivity index (χ4n) is 2.54. The summed E-state index contributed by atoms with van der Waals surface area (Å²) in [6.45, 7) is 7.48. The Balaban J connectivity index is 1.89. The lowest BCUT2D eigenvalue weighted by atomic mass is 10.0. The zero-order chi connectivity index (χ0) is 18.3. The molecule has 0 unspecified atom stereocenters. The maximum atomic E-state index is 11.7. The fourth-order valence-corrected chi connectivity index (χ4v) is 2.54. The Morgan fingerprint density at radius 3 is 2.68 bits per heavy atom. The van der Waals surface area contributed by atoms with Crippen molar-refractivity contribution < 1.29 is 19.0 Å². The molecule has 0 spiro atoms. The second kappa shape index (κ2) is 8.80. The third-order valence-electron chi connectivity index (χ3n) is 3.77. The van der Waals surface area contributed by atoms with Gasteiger partial charge in [0.05, 0.1) is 5.69 Å². The van der Waals surface area contributed by atoms with Crippen molar-refractivity contribution in [3.05, 3.63) is 23.1 Å². The number of rotatable bonds is 7. The summed E-state index contributed by atoms with van der Waals surface area (Å²) in [5.74, 6) is 0.461. The fraction of sp³-hybridized carbons (Fsp3) is 0.611. The van der Waals surface area contributed by atoms with Gasteiger partial charge in [0.25, 0.3) is 0 Å². The van der Waals surface area contributed by atoms with Gasteiger partial charge in [0.1, 0.15) is 17.0 Å². The van der Waals surface area contributed by atoms with Gasteiger partial charge in [-0.25, -0.2) is 4.79 Å². The quantitative estimate of drug-likeness (QED) is 0.597. The summed E-state index contributed by atoms with van der Waals surface area (Å²) >= 11 is 0. The Hall–Kier alpha value is -2.15. The molecule has 1 fully saturated rings. The standard InChI is InChI=1S/C18H26N2O5/c1-18(2,3)25-17(21)12-24-14-4-5-15(16(10-14)20-22)19-11-13-6-8-23-9-7-13/h4-5,10,13,19H,6-9,11-12H2,1-3H3. The van der Waals surface area contributed by atoms with E-state index in [1.807, 2.05) is 0 Å². The van der Waals surface area contributed by atoms with E-state index in [0.29, 0.717) is 17.4 Å². The van der Waals surface area contributed by atoms with E-state index in [1.165, 1.54) is 6.07 Å². The first-order valence-electron chi connectivity index (χ1n) is 8.51. The van der Waals surface area contributed by atoms with Gasteiger partial charge in [0.15, 0.2) is 6.61 Å². The van der Waals surface area contributed by atoms with Crippen molar-refractivity contribution in [1.29, 1.82) is 0 Å². The first-order valence-corrected chi connectivity index (χ1v) is 8.51. The largest absolute Gasteiger partial charge is 0.482 e. The smallest absolute Gasteiger partial charge is 0.344 e. The van der Waals surface area contributed by atoms with Crippen molar-refractivity contribution >= 4 is 17.3 Å². The molecule has 0 amide bonds. The van der Waals surface area contributed by atoms with Crippen molar-refractivity contribution in [3.63, 3.8) is 0 Å². The average Bonchev–Trinajstić information content (AvgIpc) is 2.58. The molecule has 0 aromatic heterocycles. The first-order chi connectivity index (χ1) is 11.9. The van der Waals surface area contributed by atoms with Gasteiger partial charge in [-0.15, -0.1) is 4.91 Å². The van der Waals surface area contributed by atoms with Gasteiger partial charge in [-0.1, -0.05) is 0 Å². The molecule has 138 valence electrons. The van der Waals surface area contributed by atoms with E-state index in [9.17, 15) is 9.70 Å². The minimum Gasteiger partial charge on any atom is -0.482 e. The lowest BCUT2D eigenvalue weighted by molar-refractivity contribution is -0.157. The maximum Gasteiger partial charge on any atom is 0.344 e. The number of ether oxygens (including phenoxy) is 3. The van der Waals surface area contributed by atoms with E-state index >= 15 is 0 Å². The van der Waals surface area contributed by atoms with Gasteiger partial charge in [0, 0.05) is 25.8 Å². The highest BCUT2D eigenvalue weighted by Gasteiger charge is 2.17. The molecule has 0 radical (unpaired) electrons. The van der Waals surface area contributed by atoms with Crippen LogP contribution in [-0.4, -0.2) is 37.9 Å². The zero-order valence-corrected chi connectivity index (χ0v) is 15.0. The lowest BCUT2D eigenvalue weighted by Crippen LogP contribution is -2.27. The Labute approximate surface area is 148 Å². The number of hydrogen-bond acceptors (Lipinski definition) is 7. The normalized spacial score (nSPS) is 15.5. The third kappa shape index (κ3) is 6.70. The van der Waals surface area contributed by atoms with Gasteiger partial charge in [0.2, 0.25) is 0 Å². The number of carbonyl (C=O) groups excluding carboxylic acids is 1. The summed E-state index contributed by atoms with van der Waals surface area (Å²) in [7, 11) is 0. The Morgan fingerprint density at radius 2 is 2.04 bits per heavy atom. The van der Waals surface area contributed by atoms with E-state index < -0.39 is 11.6 Å². The van der Waals surface area contributed by atoms with Crippen LogP contribution in [0, 0.1) is 10.8 Å². The molecule has 25 heavy (non-hydrogen) atoms. The maximum absolute atomic E-state index is 11.7. The van der Waals surface area contributed by atoms with Crippen molar-refractivity contribution in [3.8, 4) is 5.75 Å².